The van der Waals surface area contributed by atoms with Crippen LogP contribution in [0.4, 0.5) is 5.82 Å². The number of tetrazole rings is 1. The summed E-state index contributed by atoms with van der Waals surface area (Å²) >= 11 is 1.35. The molecule has 1 saturated heterocycles. The first kappa shape index (κ1) is 16.6. The molecule has 26 heavy (non-hydrogen) atoms. The van der Waals surface area contributed by atoms with Crippen molar-refractivity contribution in [3.8, 4) is 5.69 Å². The highest BCUT2D eigenvalue weighted by Gasteiger charge is 2.18. The van der Waals surface area contributed by atoms with Crippen molar-refractivity contribution in [3.05, 3.63) is 46.5 Å². The van der Waals surface area contributed by atoms with E-state index in [0.29, 0.717) is 30.3 Å². The molecule has 1 amide bonds. The highest BCUT2D eigenvalue weighted by atomic mass is 32.1. The Morgan fingerprint density at radius 1 is 1.31 bits per heavy atom. The topological polar surface area (TPSA) is 98.1 Å². The Bertz CT molecular complexity index is 874. The normalized spacial score (nSPS) is 14.4. The van der Waals surface area contributed by atoms with Crippen LogP contribution in [0.15, 0.2) is 36.1 Å². The van der Waals surface area contributed by atoms with Crippen molar-refractivity contribution < 1.29 is 9.53 Å². The Labute approximate surface area is 153 Å². The van der Waals surface area contributed by atoms with Gasteiger partial charge in [0.15, 0.2) is 0 Å². The first-order valence-electron chi connectivity index (χ1n) is 8.18. The molecule has 0 spiro atoms. The molecule has 0 saturated carbocycles. The number of carbonyl (C=O) groups is 1. The number of morpholine rings is 1. The van der Waals surface area contributed by atoms with Crippen molar-refractivity contribution >= 4 is 23.1 Å². The van der Waals surface area contributed by atoms with Gasteiger partial charge in [-0.1, -0.05) is 6.07 Å². The first-order valence-corrected chi connectivity index (χ1v) is 9.06. The van der Waals surface area contributed by atoms with E-state index in [1.165, 1.54) is 22.3 Å². The third kappa shape index (κ3) is 3.41. The van der Waals surface area contributed by atoms with Crippen LogP contribution < -0.4 is 10.2 Å². The number of nitrogens with zero attached hydrogens (tertiary/aromatic N) is 6. The van der Waals surface area contributed by atoms with Gasteiger partial charge >= 0.3 is 0 Å². The minimum absolute atomic E-state index is 0.165. The van der Waals surface area contributed by atoms with Crippen LogP contribution in [0.25, 0.3) is 5.69 Å². The van der Waals surface area contributed by atoms with Gasteiger partial charge in [-0.2, -0.15) is 4.68 Å². The van der Waals surface area contributed by atoms with E-state index in [-0.39, 0.29) is 5.91 Å². The average molecular weight is 371 g/mol. The highest BCUT2D eigenvalue weighted by molar-refractivity contribution is 7.12. The zero-order valence-corrected chi connectivity index (χ0v) is 14.7. The fourth-order valence-corrected chi connectivity index (χ4v) is 3.60. The second kappa shape index (κ2) is 7.58. The predicted molar refractivity (Wildman–Crippen MR) is 95.5 cm³/mol. The van der Waals surface area contributed by atoms with Crippen LogP contribution in [0.5, 0.6) is 0 Å². The molecule has 4 heterocycles. The Kier molecular flexibility index (Phi) is 4.84. The van der Waals surface area contributed by atoms with E-state index in [0.717, 1.165) is 24.5 Å². The van der Waals surface area contributed by atoms with Crippen molar-refractivity contribution in [2.24, 2.45) is 0 Å². The number of thiophene rings is 1. The van der Waals surface area contributed by atoms with E-state index >= 15 is 0 Å². The number of amides is 1. The number of carbonyl (C=O) groups excluding carboxylic acids is 1. The van der Waals surface area contributed by atoms with Crippen LogP contribution >= 0.6 is 11.3 Å². The molecular weight excluding hydrogens is 354 g/mol. The summed E-state index contributed by atoms with van der Waals surface area (Å²) < 4.78 is 6.88. The number of aromatic nitrogens is 5. The SMILES string of the molecule is O=C(NCc1cccnc1N1CCOCC1)c1sccc1-n1cnnn1. The van der Waals surface area contributed by atoms with Gasteiger partial charge in [0.05, 0.1) is 18.9 Å². The summed E-state index contributed by atoms with van der Waals surface area (Å²) in [5.41, 5.74) is 1.64. The maximum Gasteiger partial charge on any atom is 0.263 e. The maximum atomic E-state index is 12.6. The van der Waals surface area contributed by atoms with Crippen molar-refractivity contribution in [3.63, 3.8) is 0 Å². The van der Waals surface area contributed by atoms with Gasteiger partial charge in [-0.3, -0.25) is 4.79 Å². The summed E-state index contributed by atoms with van der Waals surface area (Å²) in [4.78, 5) is 19.9. The molecule has 10 heteroatoms. The Morgan fingerprint density at radius 3 is 3.00 bits per heavy atom. The lowest BCUT2D eigenvalue weighted by atomic mass is 10.2. The van der Waals surface area contributed by atoms with Gasteiger partial charge in [0.1, 0.15) is 17.0 Å². The fourth-order valence-electron chi connectivity index (χ4n) is 2.81. The van der Waals surface area contributed by atoms with Crippen LogP contribution in [0.1, 0.15) is 15.2 Å². The fraction of sp³-hybridized carbons (Fsp3) is 0.312. The van der Waals surface area contributed by atoms with E-state index in [9.17, 15) is 4.79 Å². The predicted octanol–water partition coefficient (Wildman–Crippen LogP) is 0.885. The smallest absolute Gasteiger partial charge is 0.263 e. The molecule has 0 radical (unpaired) electrons. The quantitative estimate of drug-likeness (QED) is 0.711. The number of pyridine rings is 1. The highest BCUT2D eigenvalue weighted by Crippen LogP contribution is 2.21. The number of rotatable bonds is 5. The lowest BCUT2D eigenvalue weighted by Gasteiger charge is -2.29. The van der Waals surface area contributed by atoms with Crippen molar-refractivity contribution in [2.75, 3.05) is 31.2 Å². The molecule has 0 aromatic carbocycles. The molecule has 0 aliphatic carbocycles. The largest absolute Gasteiger partial charge is 0.378 e. The van der Waals surface area contributed by atoms with Crippen molar-refractivity contribution in [1.29, 1.82) is 0 Å². The summed E-state index contributed by atoms with van der Waals surface area (Å²) in [5, 5.41) is 15.9. The molecule has 9 nitrogen and oxygen atoms in total. The summed E-state index contributed by atoms with van der Waals surface area (Å²) in [6.07, 6.45) is 3.24. The van der Waals surface area contributed by atoms with Gasteiger partial charge in [-0.05, 0) is 27.9 Å². The number of hydrogen-bond acceptors (Lipinski definition) is 8. The van der Waals surface area contributed by atoms with E-state index < -0.39 is 0 Å². The van der Waals surface area contributed by atoms with Crippen LogP contribution in [-0.2, 0) is 11.3 Å². The number of anilines is 1. The molecule has 1 aliphatic rings. The molecule has 1 N–H and O–H groups in total. The van der Waals surface area contributed by atoms with Gasteiger partial charge in [-0.15, -0.1) is 16.4 Å². The van der Waals surface area contributed by atoms with Crippen molar-refractivity contribution in [2.45, 2.75) is 6.54 Å². The monoisotopic (exact) mass is 371 g/mol. The first-order chi connectivity index (χ1) is 12.8. The Morgan fingerprint density at radius 2 is 2.19 bits per heavy atom. The van der Waals surface area contributed by atoms with Crippen LogP contribution in [0, 0.1) is 0 Å². The molecule has 3 aromatic rings. The van der Waals surface area contributed by atoms with E-state index in [1.54, 1.807) is 6.20 Å². The lowest BCUT2D eigenvalue weighted by Crippen LogP contribution is -2.37. The average Bonchev–Trinajstić information content (AvgIpc) is 3.38. The molecule has 1 fully saturated rings. The van der Waals surface area contributed by atoms with Crippen LogP contribution in [0.3, 0.4) is 0 Å². The van der Waals surface area contributed by atoms with E-state index in [2.05, 4.69) is 30.7 Å². The third-order valence-corrected chi connectivity index (χ3v) is 4.97. The van der Waals surface area contributed by atoms with E-state index in [1.807, 2.05) is 23.6 Å². The molecule has 0 atom stereocenters. The lowest BCUT2D eigenvalue weighted by molar-refractivity contribution is 0.0954. The molecule has 1 aliphatic heterocycles. The molecular formula is C16H17N7O2S. The van der Waals surface area contributed by atoms with Crippen LogP contribution in [0.2, 0.25) is 0 Å². The zero-order valence-electron chi connectivity index (χ0n) is 13.9. The number of nitrogens with one attached hydrogen (secondary N) is 1. The second-order valence-electron chi connectivity index (χ2n) is 5.66. The van der Waals surface area contributed by atoms with Crippen molar-refractivity contribution in [1.82, 2.24) is 30.5 Å². The Balaban J connectivity index is 1.48. The Hall–Kier alpha value is -2.85. The minimum Gasteiger partial charge on any atom is -0.378 e. The summed E-state index contributed by atoms with van der Waals surface area (Å²) in [6.45, 7) is 3.37. The standard InChI is InChI=1S/C16H17N7O2S/c24-16(14-13(3-9-26-14)23-11-19-20-21-23)18-10-12-2-1-4-17-15(12)22-5-7-25-8-6-22/h1-4,9,11H,5-8,10H2,(H,18,24). The van der Waals surface area contributed by atoms with Gasteiger partial charge < -0.3 is 15.0 Å². The molecule has 134 valence electrons. The van der Waals surface area contributed by atoms with Crippen LogP contribution in [-0.4, -0.2) is 57.4 Å². The molecule has 4 rings (SSSR count). The molecule has 0 unspecified atom stereocenters. The van der Waals surface area contributed by atoms with Gasteiger partial charge in [-0.25, -0.2) is 4.98 Å². The summed E-state index contributed by atoms with van der Waals surface area (Å²) in [6, 6.07) is 5.68. The zero-order chi connectivity index (χ0) is 17.8. The molecule has 0 bridgehead atoms. The second-order valence-corrected chi connectivity index (χ2v) is 6.57. The third-order valence-electron chi connectivity index (χ3n) is 4.06. The number of ether oxygens (including phenoxy) is 1. The van der Waals surface area contributed by atoms with Gasteiger partial charge in [0, 0.05) is 31.4 Å². The summed E-state index contributed by atoms with van der Waals surface area (Å²) in [5.74, 6) is 0.727. The summed E-state index contributed by atoms with van der Waals surface area (Å²) in [7, 11) is 0. The molecule has 3 aromatic heterocycles. The van der Waals surface area contributed by atoms with E-state index in [4.69, 9.17) is 4.74 Å². The van der Waals surface area contributed by atoms with Gasteiger partial charge in [0.2, 0.25) is 0 Å². The number of hydrogen-bond donors (Lipinski definition) is 1. The maximum absolute atomic E-state index is 12.6. The van der Waals surface area contributed by atoms with Gasteiger partial charge in [0.25, 0.3) is 5.91 Å². The minimum atomic E-state index is -0.165.